The predicted octanol–water partition coefficient (Wildman–Crippen LogP) is 4.11. The normalized spacial score (nSPS) is 10.6. The number of nitrogens with one attached hydrogen (secondary N) is 1. The van der Waals surface area contributed by atoms with E-state index in [4.69, 9.17) is 0 Å². The van der Waals surface area contributed by atoms with Crippen LogP contribution in [0.4, 0.5) is 5.69 Å². The van der Waals surface area contributed by atoms with Crippen LogP contribution in [-0.4, -0.2) is 23.3 Å². The Balaban J connectivity index is 2.07. The maximum Gasteiger partial charge on any atom is 0.244 e. The first-order valence-electron chi connectivity index (χ1n) is 8.56. The van der Waals surface area contributed by atoms with Gasteiger partial charge in [0.1, 0.15) is 6.54 Å². The number of para-hydroxylation sites is 1. The Morgan fingerprint density at radius 1 is 1.08 bits per heavy atom. The van der Waals surface area contributed by atoms with Gasteiger partial charge < -0.3 is 10.2 Å². The Morgan fingerprint density at radius 3 is 2.44 bits per heavy atom. The molecule has 0 spiro atoms. The van der Waals surface area contributed by atoms with Gasteiger partial charge in [0.05, 0.1) is 0 Å². The highest BCUT2D eigenvalue weighted by Gasteiger charge is 2.16. The summed E-state index contributed by atoms with van der Waals surface area (Å²) >= 11 is 0. The van der Waals surface area contributed by atoms with Gasteiger partial charge in [-0.25, -0.2) is 0 Å². The van der Waals surface area contributed by atoms with Crippen LogP contribution in [0.25, 0.3) is 0 Å². The average molecular weight is 338 g/mol. The van der Waals surface area contributed by atoms with E-state index in [1.165, 1.54) is 6.92 Å². The summed E-state index contributed by atoms with van der Waals surface area (Å²) in [6.45, 7) is 8.14. The fourth-order valence-electron chi connectivity index (χ4n) is 2.79. The average Bonchev–Trinajstić information content (AvgIpc) is 2.54. The van der Waals surface area contributed by atoms with Crippen LogP contribution in [0.1, 0.15) is 43.4 Å². The number of rotatable bonds is 6. The van der Waals surface area contributed by atoms with Gasteiger partial charge in [-0.15, -0.1) is 0 Å². The lowest BCUT2D eigenvalue weighted by atomic mass is 10.0. The van der Waals surface area contributed by atoms with Crippen LogP contribution in [0.3, 0.4) is 0 Å². The molecule has 4 nitrogen and oxygen atoms in total. The molecule has 0 heterocycles. The summed E-state index contributed by atoms with van der Waals surface area (Å²) in [4.78, 5) is 26.0. The van der Waals surface area contributed by atoms with Crippen LogP contribution in [0.2, 0.25) is 0 Å². The van der Waals surface area contributed by atoms with Crippen molar-refractivity contribution in [2.45, 2.75) is 40.2 Å². The van der Waals surface area contributed by atoms with Gasteiger partial charge in [-0.2, -0.15) is 0 Å². The highest BCUT2D eigenvalue weighted by Crippen LogP contribution is 2.23. The minimum Gasteiger partial charge on any atom is -0.329 e. The molecule has 0 aliphatic carbocycles. The molecule has 0 saturated heterocycles. The van der Waals surface area contributed by atoms with Crippen molar-refractivity contribution in [2.24, 2.45) is 0 Å². The van der Waals surface area contributed by atoms with Gasteiger partial charge in [0.25, 0.3) is 0 Å². The lowest BCUT2D eigenvalue weighted by Gasteiger charge is -2.21. The predicted molar refractivity (Wildman–Crippen MR) is 101 cm³/mol. The molecule has 0 fully saturated rings. The molecule has 0 unspecified atom stereocenters. The van der Waals surface area contributed by atoms with Crippen molar-refractivity contribution in [1.29, 1.82) is 0 Å². The zero-order valence-electron chi connectivity index (χ0n) is 15.4. The Labute approximate surface area is 149 Å². The van der Waals surface area contributed by atoms with Gasteiger partial charge in [0.15, 0.2) is 0 Å². The molecule has 2 aromatic carbocycles. The first-order valence-corrected chi connectivity index (χ1v) is 8.56. The Hall–Kier alpha value is -2.62. The van der Waals surface area contributed by atoms with Crippen molar-refractivity contribution >= 4 is 17.5 Å². The number of anilines is 1. The highest BCUT2D eigenvalue weighted by atomic mass is 16.2. The third-order valence-electron chi connectivity index (χ3n) is 4.09. The molecule has 1 N–H and O–H groups in total. The summed E-state index contributed by atoms with van der Waals surface area (Å²) in [7, 11) is 0. The van der Waals surface area contributed by atoms with Gasteiger partial charge in [-0.1, -0.05) is 61.9 Å². The van der Waals surface area contributed by atoms with E-state index in [-0.39, 0.29) is 18.4 Å². The van der Waals surface area contributed by atoms with Crippen LogP contribution in [0.5, 0.6) is 0 Å². The summed E-state index contributed by atoms with van der Waals surface area (Å²) in [5.74, 6) is 0.0115. The highest BCUT2D eigenvalue weighted by molar-refractivity contribution is 5.95. The van der Waals surface area contributed by atoms with Gasteiger partial charge in [0, 0.05) is 19.2 Å². The fourth-order valence-corrected chi connectivity index (χ4v) is 2.79. The second kappa shape index (κ2) is 8.47. The zero-order valence-corrected chi connectivity index (χ0v) is 15.4. The summed E-state index contributed by atoms with van der Waals surface area (Å²) in [5.41, 5.74) is 4.05. The van der Waals surface area contributed by atoms with Crippen molar-refractivity contribution in [3.05, 3.63) is 65.2 Å². The first-order chi connectivity index (χ1) is 11.9. The van der Waals surface area contributed by atoms with Crippen molar-refractivity contribution in [1.82, 2.24) is 4.90 Å². The van der Waals surface area contributed by atoms with E-state index in [2.05, 4.69) is 19.2 Å². The smallest absolute Gasteiger partial charge is 0.244 e. The summed E-state index contributed by atoms with van der Waals surface area (Å²) in [5, 5.41) is 2.94. The van der Waals surface area contributed by atoms with Crippen molar-refractivity contribution in [3.63, 3.8) is 0 Å². The number of nitrogens with zero attached hydrogens (tertiary/aromatic N) is 1. The second-order valence-corrected chi connectivity index (χ2v) is 6.65. The molecule has 2 amide bonds. The largest absolute Gasteiger partial charge is 0.329 e. The minimum atomic E-state index is -0.184. The molecule has 0 atom stereocenters. The summed E-state index contributed by atoms with van der Waals surface area (Å²) < 4.78 is 0. The third kappa shape index (κ3) is 5.45. The molecule has 0 bridgehead atoms. The third-order valence-corrected chi connectivity index (χ3v) is 4.09. The first kappa shape index (κ1) is 18.7. The topological polar surface area (TPSA) is 49.4 Å². The Kier molecular flexibility index (Phi) is 6.34. The minimum absolute atomic E-state index is 0.0374. The van der Waals surface area contributed by atoms with E-state index >= 15 is 0 Å². The van der Waals surface area contributed by atoms with Crippen LogP contribution in [0.15, 0.2) is 48.5 Å². The molecule has 4 heteroatoms. The number of hydrogen-bond acceptors (Lipinski definition) is 2. The van der Waals surface area contributed by atoms with Gasteiger partial charge in [-0.3, -0.25) is 9.59 Å². The Bertz CT molecular complexity index is 753. The summed E-state index contributed by atoms with van der Waals surface area (Å²) in [6, 6.07) is 15.7. The molecule has 0 radical (unpaired) electrons. The van der Waals surface area contributed by atoms with Crippen LogP contribution in [-0.2, 0) is 16.1 Å². The van der Waals surface area contributed by atoms with Gasteiger partial charge >= 0.3 is 0 Å². The number of aryl methyl sites for hydroxylation is 1. The fraction of sp³-hybridized carbons (Fsp3) is 0.333. The summed E-state index contributed by atoms with van der Waals surface area (Å²) in [6.07, 6.45) is 0. The standard InChI is InChI=1S/C21H26N2O2/c1-15(2)19-10-5-6-11-20(19)22-21(25)14-23(17(4)24)13-18-9-7-8-16(3)12-18/h5-12,15H,13-14H2,1-4H3,(H,22,25). The van der Waals surface area contributed by atoms with E-state index in [0.29, 0.717) is 12.5 Å². The quantitative estimate of drug-likeness (QED) is 0.862. The molecular weight excluding hydrogens is 312 g/mol. The lowest BCUT2D eigenvalue weighted by molar-refractivity contribution is -0.133. The number of benzene rings is 2. The molecule has 0 saturated carbocycles. The van der Waals surface area contributed by atoms with Crippen LogP contribution >= 0.6 is 0 Å². The van der Waals surface area contributed by atoms with Gasteiger partial charge in [0.2, 0.25) is 11.8 Å². The zero-order chi connectivity index (χ0) is 18.4. The molecule has 0 aliphatic rings. The number of carbonyl (C=O) groups excluding carboxylic acids is 2. The van der Waals surface area contributed by atoms with Gasteiger partial charge in [-0.05, 0) is 30.0 Å². The van der Waals surface area contributed by atoms with E-state index in [9.17, 15) is 9.59 Å². The maximum absolute atomic E-state index is 12.5. The van der Waals surface area contributed by atoms with Crippen LogP contribution < -0.4 is 5.32 Å². The van der Waals surface area contributed by atoms with E-state index in [1.807, 2.05) is 55.5 Å². The van der Waals surface area contributed by atoms with Crippen LogP contribution in [0, 0.1) is 6.92 Å². The SMILES string of the molecule is CC(=O)N(CC(=O)Nc1ccccc1C(C)C)Cc1cccc(C)c1. The number of amides is 2. The molecule has 132 valence electrons. The van der Waals surface area contributed by atoms with Crippen molar-refractivity contribution < 1.29 is 9.59 Å². The maximum atomic E-state index is 12.5. The molecule has 2 aromatic rings. The molecule has 0 aliphatic heterocycles. The molecular formula is C21H26N2O2. The number of carbonyl (C=O) groups is 2. The molecule has 0 aromatic heterocycles. The molecule has 25 heavy (non-hydrogen) atoms. The van der Waals surface area contributed by atoms with E-state index in [0.717, 1.165) is 22.4 Å². The lowest BCUT2D eigenvalue weighted by Crippen LogP contribution is -2.36. The Morgan fingerprint density at radius 2 is 1.80 bits per heavy atom. The van der Waals surface area contributed by atoms with E-state index in [1.54, 1.807) is 4.90 Å². The van der Waals surface area contributed by atoms with Crippen molar-refractivity contribution in [2.75, 3.05) is 11.9 Å². The van der Waals surface area contributed by atoms with E-state index < -0.39 is 0 Å². The number of hydrogen-bond donors (Lipinski definition) is 1. The second-order valence-electron chi connectivity index (χ2n) is 6.65. The van der Waals surface area contributed by atoms with Crippen molar-refractivity contribution in [3.8, 4) is 0 Å². The molecule has 2 rings (SSSR count). The monoisotopic (exact) mass is 338 g/mol.